The summed E-state index contributed by atoms with van der Waals surface area (Å²) < 4.78 is 79.6. The number of nitrogens with one attached hydrogen (secondary N) is 2. The number of nitrogens with zero attached hydrogens (tertiary/aromatic N) is 6. The van der Waals surface area contributed by atoms with Gasteiger partial charge in [-0.25, -0.2) is 8.78 Å². The summed E-state index contributed by atoms with van der Waals surface area (Å²) in [5, 5.41) is 10.5. The maximum absolute atomic E-state index is 16.6. The number of aromatic nitrogens is 5. The summed E-state index contributed by atoms with van der Waals surface area (Å²) in [5.74, 6) is -0.585. The van der Waals surface area contributed by atoms with E-state index in [4.69, 9.17) is 9.72 Å². The maximum atomic E-state index is 16.6. The minimum Gasteiger partial charge on any atom is -0.461 e. The molecule has 2 N–H and O–H groups in total. The van der Waals surface area contributed by atoms with Crippen molar-refractivity contribution in [2.75, 3.05) is 37.7 Å². The zero-order valence-electron chi connectivity index (χ0n) is 23.1. The standard InChI is InChI=1S/C29H29F5N8O/c30-15-8-28(6-1-7-42(28)11-15)14-43-27-38-24-19(26(39-27)41-12-16-2-3-17(13-41)37-16)9-35-25(23(24)31)22-18-10-36-40-21(18)5-4-20(22)29(32,33)34/h4-5,9-10,15-17,37H,1-3,6-8,11-14H2,(H,36,40)/t15-,16?,17?,28+/m1/s1. The molecule has 43 heavy (non-hydrogen) atoms. The molecule has 9 nitrogen and oxygen atoms in total. The van der Waals surface area contributed by atoms with Gasteiger partial charge in [0.1, 0.15) is 29.8 Å². The number of alkyl halides is 4. The molecule has 1 aromatic carbocycles. The molecule has 4 aromatic rings. The van der Waals surface area contributed by atoms with Gasteiger partial charge >= 0.3 is 12.2 Å². The van der Waals surface area contributed by atoms with E-state index in [0.29, 0.717) is 37.4 Å². The topological polar surface area (TPSA) is 95.1 Å². The van der Waals surface area contributed by atoms with E-state index < -0.39 is 40.5 Å². The predicted molar refractivity (Wildman–Crippen MR) is 148 cm³/mol. The highest BCUT2D eigenvalue weighted by molar-refractivity contribution is 5.99. The van der Waals surface area contributed by atoms with Crippen LogP contribution in [-0.4, -0.2) is 86.6 Å². The van der Waals surface area contributed by atoms with E-state index in [0.717, 1.165) is 38.3 Å². The summed E-state index contributed by atoms with van der Waals surface area (Å²) in [6, 6.07) is 2.54. The Labute approximate surface area is 242 Å². The Bertz CT molecular complexity index is 1720. The monoisotopic (exact) mass is 600 g/mol. The van der Waals surface area contributed by atoms with Gasteiger partial charge < -0.3 is 15.0 Å². The zero-order chi connectivity index (χ0) is 29.5. The number of benzene rings is 1. The molecule has 4 saturated heterocycles. The third-order valence-electron chi connectivity index (χ3n) is 9.56. The fourth-order valence-electron chi connectivity index (χ4n) is 7.63. The number of piperazine rings is 1. The summed E-state index contributed by atoms with van der Waals surface area (Å²) in [4.78, 5) is 17.5. The van der Waals surface area contributed by atoms with Crippen LogP contribution in [0.1, 0.15) is 37.7 Å². The average Bonchev–Trinajstić information content (AvgIpc) is 3.74. The normalized spacial score (nSPS) is 27.5. The molecule has 4 atom stereocenters. The van der Waals surface area contributed by atoms with Gasteiger partial charge in [-0.3, -0.25) is 15.0 Å². The molecule has 14 heteroatoms. The molecule has 0 spiro atoms. The molecular weight excluding hydrogens is 571 g/mol. The minimum atomic E-state index is -4.77. The van der Waals surface area contributed by atoms with Gasteiger partial charge in [-0.05, 0) is 44.4 Å². The summed E-state index contributed by atoms with van der Waals surface area (Å²) in [6.45, 7) is 2.51. The van der Waals surface area contributed by atoms with Crippen LogP contribution in [0.5, 0.6) is 6.01 Å². The van der Waals surface area contributed by atoms with Crippen molar-refractivity contribution in [3.63, 3.8) is 0 Å². The highest BCUT2D eigenvalue weighted by Crippen LogP contribution is 2.43. The summed E-state index contributed by atoms with van der Waals surface area (Å²) in [6.07, 6.45) is 0.896. The number of halogens is 5. The fourth-order valence-corrected chi connectivity index (χ4v) is 7.63. The second kappa shape index (κ2) is 9.68. The van der Waals surface area contributed by atoms with Gasteiger partial charge in [0.2, 0.25) is 0 Å². The van der Waals surface area contributed by atoms with Gasteiger partial charge in [0.05, 0.1) is 28.2 Å². The van der Waals surface area contributed by atoms with Crippen molar-refractivity contribution in [2.24, 2.45) is 0 Å². The number of H-pyrrole nitrogens is 1. The molecule has 8 rings (SSSR count). The van der Waals surface area contributed by atoms with E-state index in [1.165, 1.54) is 18.5 Å². The van der Waals surface area contributed by atoms with Crippen LogP contribution in [0.2, 0.25) is 0 Å². The highest BCUT2D eigenvalue weighted by atomic mass is 19.4. The van der Waals surface area contributed by atoms with E-state index in [1.54, 1.807) is 0 Å². The molecule has 0 amide bonds. The summed E-state index contributed by atoms with van der Waals surface area (Å²) in [5.41, 5.74) is -2.27. The van der Waals surface area contributed by atoms with Crippen molar-refractivity contribution < 1.29 is 26.7 Å². The first-order valence-electron chi connectivity index (χ1n) is 14.6. The lowest BCUT2D eigenvalue weighted by Crippen LogP contribution is -2.51. The van der Waals surface area contributed by atoms with Crippen LogP contribution < -0.4 is 15.0 Å². The first-order valence-corrected chi connectivity index (χ1v) is 14.6. The minimum absolute atomic E-state index is 0.0902. The molecule has 226 valence electrons. The van der Waals surface area contributed by atoms with Crippen molar-refractivity contribution in [1.29, 1.82) is 0 Å². The SMILES string of the molecule is Fc1c(-c2c(C(F)(F)F)ccc3[nH]ncc23)ncc2c(N3CC4CCC(C3)N4)nc(OC[C@@]34CCCN3C[C@H](F)C4)nc12. The number of fused-ring (bicyclic) bond motifs is 5. The lowest BCUT2D eigenvalue weighted by atomic mass is 9.95. The lowest BCUT2D eigenvalue weighted by molar-refractivity contribution is -0.137. The van der Waals surface area contributed by atoms with E-state index >= 15 is 4.39 Å². The molecule has 2 bridgehead atoms. The number of ether oxygens (including phenoxy) is 1. The summed E-state index contributed by atoms with van der Waals surface area (Å²) in [7, 11) is 0. The number of anilines is 1. The van der Waals surface area contributed by atoms with E-state index in [1.807, 2.05) is 4.90 Å². The first kappa shape index (κ1) is 26.9. The Morgan fingerprint density at radius 2 is 1.86 bits per heavy atom. The van der Waals surface area contributed by atoms with Crippen molar-refractivity contribution >= 4 is 27.6 Å². The van der Waals surface area contributed by atoms with E-state index in [9.17, 15) is 17.6 Å². The third kappa shape index (κ3) is 4.40. The molecule has 0 radical (unpaired) electrons. The molecule has 0 saturated carbocycles. The number of pyridine rings is 1. The Morgan fingerprint density at radius 1 is 1.05 bits per heavy atom. The van der Waals surface area contributed by atoms with Crippen LogP contribution in [0.3, 0.4) is 0 Å². The molecular formula is C29H29F5N8O. The second-order valence-corrected chi connectivity index (χ2v) is 12.2. The average molecular weight is 601 g/mol. The van der Waals surface area contributed by atoms with E-state index in [-0.39, 0.29) is 41.0 Å². The number of hydrogen-bond donors (Lipinski definition) is 2. The van der Waals surface area contributed by atoms with Gasteiger partial charge in [-0.15, -0.1) is 0 Å². The van der Waals surface area contributed by atoms with Crippen LogP contribution in [0, 0.1) is 5.82 Å². The van der Waals surface area contributed by atoms with Crippen LogP contribution in [0.15, 0.2) is 24.5 Å². The number of aromatic amines is 1. The van der Waals surface area contributed by atoms with Gasteiger partial charge in [-0.2, -0.15) is 28.2 Å². The largest absolute Gasteiger partial charge is 0.461 e. The molecule has 0 aliphatic carbocycles. The highest BCUT2D eigenvalue weighted by Gasteiger charge is 2.49. The smallest absolute Gasteiger partial charge is 0.417 e. The molecule has 2 unspecified atom stereocenters. The van der Waals surface area contributed by atoms with Crippen LogP contribution in [0.25, 0.3) is 33.1 Å². The zero-order valence-corrected chi connectivity index (χ0v) is 23.1. The van der Waals surface area contributed by atoms with Gasteiger partial charge in [-0.1, -0.05) is 0 Å². The van der Waals surface area contributed by atoms with Gasteiger partial charge in [0.25, 0.3) is 0 Å². The lowest BCUT2D eigenvalue weighted by Gasteiger charge is -2.34. The van der Waals surface area contributed by atoms with Crippen molar-refractivity contribution in [3.05, 3.63) is 35.9 Å². The van der Waals surface area contributed by atoms with Crippen molar-refractivity contribution in [2.45, 2.75) is 62.1 Å². The third-order valence-corrected chi connectivity index (χ3v) is 9.56. The molecule has 4 fully saturated rings. The number of rotatable bonds is 5. The molecule has 7 heterocycles. The Balaban J connectivity index is 1.27. The maximum Gasteiger partial charge on any atom is 0.417 e. The van der Waals surface area contributed by atoms with Crippen molar-refractivity contribution in [1.82, 2.24) is 35.4 Å². The summed E-state index contributed by atoms with van der Waals surface area (Å²) >= 11 is 0. The molecule has 4 aliphatic rings. The van der Waals surface area contributed by atoms with Crippen molar-refractivity contribution in [3.8, 4) is 17.3 Å². The van der Waals surface area contributed by atoms with Crippen LogP contribution in [0.4, 0.5) is 27.8 Å². The Morgan fingerprint density at radius 3 is 2.65 bits per heavy atom. The quantitative estimate of drug-likeness (QED) is 0.321. The fraction of sp³-hybridized carbons (Fsp3) is 0.517. The second-order valence-electron chi connectivity index (χ2n) is 12.2. The number of hydrogen-bond acceptors (Lipinski definition) is 8. The van der Waals surface area contributed by atoms with Gasteiger partial charge in [0.15, 0.2) is 5.82 Å². The van der Waals surface area contributed by atoms with Crippen LogP contribution in [-0.2, 0) is 6.18 Å². The van der Waals surface area contributed by atoms with Gasteiger partial charge in [0, 0.05) is 55.3 Å². The predicted octanol–water partition coefficient (Wildman–Crippen LogP) is 4.62. The van der Waals surface area contributed by atoms with E-state index in [2.05, 4.69) is 30.4 Å². The molecule has 3 aromatic heterocycles. The first-order chi connectivity index (χ1) is 20.7. The van der Waals surface area contributed by atoms with Crippen LogP contribution >= 0.6 is 0 Å². The molecule has 4 aliphatic heterocycles. The Kier molecular flexibility index (Phi) is 6.06. The Hall–Kier alpha value is -3.65.